The lowest BCUT2D eigenvalue weighted by atomic mass is 10.2. The van der Waals surface area contributed by atoms with Crippen LogP contribution in [0.15, 0.2) is 47.4 Å². The van der Waals surface area contributed by atoms with Crippen molar-refractivity contribution in [2.24, 2.45) is 0 Å². The lowest BCUT2D eigenvalue weighted by molar-refractivity contribution is -0.119. The van der Waals surface area contributed by atoms with Crippen LogP contribution in [0, 0.1) is 11.3 Å². The lowest BCUT2D eigenvalue weighted by Gasteiger charge is -2.13. The van der Waals surface area contributed by atoms with E-state index in [1.54, 1.807) is 12.1 Å². The van der Waals surface area contributed by atoms with Crippen molar-refractivity contribution in [1.82, 2.24) is 4.31 Å². The van der Waals surface area contributed by atoms with E-state index in [9.17, 15) is 18.0 Å². The monoisotopic (exact) mass is 421 g/mol. The van der Waals surface area contributed by atoms with Crippen molar-refractivity contribution in [3.05, 3.63) is 58.6 Å². The van der Waals surface area contributed by atoms with E-state index in [0.717, 1.165) is 10.4 Å². The quantitative estimate of drug-likeness (QED) is 0.715. The predicted molar refractivity (Wildman–Crippen MR) is 102 cm³/mol. The van der Waals surface area contributed by atoms with E-state index in [-0.39, 0.29) is 26.7 Å². The van der Waals surface area contributed by atoms with Gasteiger partial charge in [-0.3, -0.25) is 4.79 Å². The van der Waals surface area contributed by atoms with Crippen molar-refractivity contribution in [1.29, 1.82) is 5.26 Å². The van der Waals surface area contributed by atoms with Crippen molar-refractivity contribution in [3.8, 4) is 6.07 Å². The van der Waals surface area contributed by atoms with E-state index in [4.69, 9.17) is 21.6 Å². The first-order valence-electron chi connectivity index (χ1n) is 7.85. The van der Waals surface area contributed by atoms with Crippen LogP contribution in [0.5, 0.6) is 0 Å². The van der Waals surface area contributed by atoms with Crippen LogP contribution in [-0.2, 0) is 19.6 Å². The Hall–Kier alpha value is -2.93. The number of esters is 1. The van der Waals surface area contributed by atoms with Crippen LogP contribution in [0.4, 0.5) is 5.69 Å². The first-order valence-corrected chi connectivity index (χ1v) is 9.67. The van der Waals surface area contributed by atoms with Gasteiger partial charge in [-0.15, -0.1) is 0 Å². The van der Waals surface area contributed by atoms with E-state index in [0.29, 0.717) is 0 Å². The number of nitrogens with one attached hydrogen (secondary N) is 1. The van der Waals surface area contributed by atoms with Gasteiger partial charge in [-0.05, 0) is 30.3 Å². The fourth-order valence-electron chi connectivity index (χ4n) is 2.12. The van der Waals surface area contributed by atoms with Crippen molar-refractivity contribution in [3.63, 3.8) is 0 Å². The smallest absolute Gasteiger partial charge is 0.340 e. The Kier molecular flexibility index (Phi) is 6.75. The highest BCUT2D eigenvalue weighted by Crippen LogP contribution is 2.23. The van der Waals surface area contributed by atoms with Gasteiger partial charge >= 0.3 is 5.97 Å². The predicted octanol–water partition coefficient (Wildman–Crippen LogP) is 2.26. The number of rotatable bonds is 6. The van der Waals surface area contributed by atoms with Crippen LogP contribution in [0.2, 0.25) is 5.02 Å². The molecule has 0 aromatic heterocycles. The number of amides is 1. The molecule has 0 atom stereocenters. The maximum atomic E-state index is 12.2. The Labute approximate surface area is 167 Å². The number of para-hydroxylation sites is 1. The standard InChI is InChI=1S/C18H16ClN3O5S/c1-22(2)28(25,26)13-7-8-15(19)14(9-13)18(24)27-11-17(23)21-16-6-4-3-5-12(16)10-20/h3-9H,11H2,1-2H3,(H,21,23). The van der Waals surface area contributed by atoms with Crippen molar-refractivity contribution < 1.29 is 22.7 Å². The zero-order chi connectivity index (χ0) is 20.9. The highest BCUT2D eigenvalue weighted by atomic mass is 35.5. The number of nitriles is 1. The molecule has 0 saturated carbocycles. The summed E-state index contributed by atoms with van der Waals surface area (Å²) < 4.78 is 30.3. The Morgan fingerprint density at radius 1 is 1.21 bits per heavy atom. The topological polar surface area (TPSA) is 117 Å². The molecule has 0 radical (unpaired) electrons. The first-order chi connectivity index (χ1) is 13.2. The maximum absolute atomic E-state index is 12.2. The molecule has 146 valence electrons. The average Bonchev–Trinajstić information content (AvgIpc) is 2.66. The number of carbonyl (C=O) groups excluding carboxylic acids is 2. The van der Waals surface area contributed by atoms with Gasteiger partial charge in [0.2, 0.25) is 10.0 Å². The highest BCUT2D eigenvalue weighted by molar-refractivity contribution is 7.89. The molecule has 28 heavy (non-hydrogen) atoms. The number of anilines is 1. The third kappa shape index (κ3) is 4.86. The minimum atomic E-state index is -3.77. The van der Waals surface area contributed by atoms with Crippen molar-refractivity contribution in [2.75, 3.05) is 26.0 Å². The van der Waals surface area contributed by atoms with Crippen LogP contribution in [0.3, 0.4) is 0 Å². The Bertz CT molecular complexity index is 1060. The Morgan fingerprint density at radius 3 is 2.54 bits per heavy atom. The molecule has 2 rings (SSSR count). The van der Waals surface area contributed by atoms with Crippen LogP contribution >= 0.6 is 11.6 Å². The molecule has 0 aliphatic rings. The molecule has 0 saturated heterocycles. The fourth-order valence-corrected chi connectivity index (χ4v) is 3.24. The fraction of sp³-hybridized carbons (Fsp3) is 0.167. The summed E-state index contributed by atoms with van der Waals surface area (Å²) in [6.45, 7) is -0.639. The second-order valence-electron chi connectivity index (χ2n) is 5.71. The summed E-state index contributed by atoms with van der Waals surface area (Å²) in [6.07, 6.45) is 0. The average molecular weight is 422 g/mol. The summed E-state index contributed by atoms with van der Waals surface area (Å²) in [4.78, 5) is 24.1. The van der Waals surface area contributed by atoms with E-state index in [2.05, 4.69) is 5.32 Å². The molecule has 8 nitrogen and oxygen atoms in total. The third-order valence-electron chi connectivity index (χ3n) is 3.59. The summed E-state index contributed by atoms with van der Waals surface area (Å²) in [5.41, 5.74) is 0.352. The summed E-state index contributed by atoms with van der Waals surface area (Å²) in [5, 5.41) is 11.4. The second kappa shape index (κ2) is 8.84. The van der Waals surface area contributed by atoms with Crippen LogP contribution < -0.4 is 5.32 Å². The molecule has 0 bridgehead atoms. The van der Waals surface area contributed by atoms with E-state index in [1.807, 2.05) is 6.07 Å². The van der Waals surface area contributed by atoms with Gasteiger partial charge in [-0.2, -0.15) is 5.26 Å². The number of benzene rings is 2. The molecule has 2 aromatic carbocycles. The molecule has 0 spiro atoms. The summed E-state index contributed by atoms with van der Waals surface area (Å²) in [7, 11) is -1.07. The van der Waals surface area contributed by atoms with Crippen molar-refractivity contribution in [2.45, 2.75) is 4.90 Å². The van der Waals surface area contributed by atoms with Gasteiger partial charge in [0.1, 0.15) is 6.07 Å². The van der Waals surface area contributed by atoms with Crippen LogP contribution in [0.25, 0.3) is 0 Å². The van der Waals surface area contributed by atoms with Gasteiger partial charge < -0.3 is 10.1 Å². The number of nitrogens with zero attached hydrogens (tertiary/aromatic N) is 2. The molecule has 0 fully saturated rings. The minimum Gasteiger partial charge on any atom is -0.452 e. The van der Waals surface area contributed by atoms with Gasteiger partial charge in [0.05, 0.1) is 26.7 Å². The minimum absolute atomic E-state index is 0.0158. The summed E-state index contributed by atoms with van der Waals surface area (Å²) in [6, 6.07) is 11.9. The van der Waals surface area contributed by atoms with Crippen LogP contribution in [0.1, 0.15) is 15.9 Å². The number of halogens is 1. The number of hydrogen-bond donors (Lipinski definition) is 1. The number of sulfonamides is 1. The number of hydrogen-bond acceptors (Lipinski definition) is 6. The Balaban J connectivity index is 2.11. The maximum Gasteiger partial charge on any atom is 0.340 e. The van der Waals surface area contributed by atoms with E-state index >= 15 is 0 Å². The van der Waals surface area contributed by atoms with Gasteiger partial charge in [0.15, 0.2) is 6.61 Å². The molecule has 0 aliphatic carbocycles. The molecule has 0 aliphatic heterocycles. The third-order valence-corrected chi connectivity index (χ3v) is 5.73. The van der Waals surface area contributed by atoms with Crippen LogP contribution in [-0.4, -0.2) is 45.3 Å². The molecule has 2 aromatic rings. The van der Waals surface area contributed by atoms with Gasteiger partial charge in [0, 0.05) is 14.1 Å². The largest absolute Gasteiger partial charge is 0.452 e. The van der Waals surface area contributed by atoms with Gasteiger partial charge in [-0.25, -0.2) is 17.5 Å². The number of carbonyl (C=O) groups is 2. The SMILES string of the molecule is CN(C)S(=O)(=O)c1ccc(Cl)c(C(=O)OCC(=O)Nc2ccccc2C#N)c1. The molecule has 10 heteroatoms. The number of ether oxygens (including phenoxy) is 1. The highest BCUT2D eigenvalue weighted by Gasteiger charge is 2.22. The molecular weight excluding hydrogens is 406 g/mol. The zero-order valence-corrected chi connectivity index (χ0v) is 16.5. The molecule has 0 heterocycles. The zero-order valence-electron chi connectivity index (χ0n) is 15.0. The lowest BCUT2D eigenvalue weighted by Crippen LogP contribution is -2.23. The van der Waals surface area contributed by atoms with E-state index < -0.39 is 28.5 Å². The normalized spacial score (nSPS) is 11.0. The second-order valence-corrected chi connectivity index (χ2v) is 8.27. The van der Waals surface area contributed by atoms with Crippen molar-refractivity contribution >= 4 is 39.2 Å². The Morgan fingerprint density at radius 2 is 1.89 bits per heavy atom. The molecule has 1 amide bonds. The molecular formula is C18H16ClN3O5S. The summed E-state index contributed by atoms with van der Waals surface area (Å²) >= 11 is 5.96. The van der Waals surface area contributed by atoms with Gasteiger partial charge in [0.25, 0.3) is 5.91 Å². The first kappa shape index (κ1) is 21.4. The molecule has 1 N–H and O–H groups in total. The molecule has 0 unspecified atom stereocenters. The van der Waals surface area contributed by atoms with Gasteiger partial charge in [-0.1, -0.05) is 23.7 Å². The van der Waals surface area contributed by atoms with E-state index in [1.165, 1.54) is 38.4 Å². The summed E-state index contributed by atoms with van der Waals surface area (Å²) in [5.74, 6) is -1.62.